The van der Waals surface area contributed by atoms with Crippen molar-refractivity contribution < 1.29 is 0 Å². The van der Waals surface area contributed by atoms with Crippen LogP contribution in [-0.2, 0) is 25.7 Å². The van der Waals surface area contributed by atoms with Crippen molar-refractivity contribution in [3.63, 3.8) is 0 Å². The summed E-state index contributed by atoms with van der Waals surface area (Å²) in [6.07, 6.45) is 41.6. The van der Waals surface area contributed by atoms with Crippen molar-refractivity contribution in [2.45, 2.75) is 298 Å². The molecule has 0 spiro atoms. The Kier molecular flexibility index (Phi) is 36.0. The zero-order chi connectivity index (χ0) is 83.0. The number of thiophene rings is 4. The van der Waals surface area contributed by atoms with Crippen LogP contribution in [-0.4, -0.2) is 58.2 Å². The van der Waals surface area contributed by atoms with Crippen LogP contribution in [0.5, 0.6) is 0 Å². The number of hydrogen-bond acceptors (Lipinski definition) is 20. The van der Waals surface area contributed by atoms with Crippen LogP contribution >= 0.6 is 136 Å². The van der Waals surface area contributed by atoms with Gasteiger partial charge in [0.1, 0.15) is 20.0 Å². The second kappa shape index (κ2) is 45.5. The van der Waals surface area contributed by atoms with Gasteiger partial charge in [0.15, 0.2) is 0 Å². The van der Waals surface area contributed by atoms with Gasteiger partial charge in [0.05, 0.1) is 41.3 Å². The van der Waals surface area contributed by atoms with E-state index in [2.05, 4.69) is 176 Å². The number of aromatic nitrogens is 8. The van der Waals surface area contributed by atoms with E-state index in [9.17, 15) is 0 Å². The van der Waals surface area contributed by atoms with Crippen molar-refractivity contribution in [1.82, 2.24) is 39.9 Å². The third kappa shape index (κ3) is 24.7. The van der Waals surface area contributed by atoms with Gasteiger partial charge in [-0.05, 0) is 97.3 Å². The number of hydrogen-bond donors (Lipinski definition) is 0. The fraction of sp³-hybridized carbons (Fsp3) is 0.551. The maximum atomic E-state index is 5.72. The van der Waals surface area contributed by atoms with Gasteiger partial charge in [-0.2, -0.15) is 0 Å². The van der Waals surface area contributed by atoms with Gasteiger partial charge in [-0.3, -0.25) is 0 Å². The number of fused-ring (bicyclic) bond motifs is 4. The quantitative estimate of drug-likeness (QED) is 0.0348. The first-order chi connectivity index (χ1) is 57.1. The average Bonchev–Trinajstić information content (AvgIpc) is 1.57. The molecule has 0 aliphatic rings. The molecule has 0 aliphatic carbocycles. The summed E-state index contributed by atoms with van der Waals surface area (Å²) in [5.74, 6) is 6.19. The topological polar surface area (TPSA) is 103 Å². The fourth-order valence-electron chi connectivity index (χ4n) is 16.5. The normalized spacial score (nSPS) is 13.3. The monoisotopic (exact) mass is 1920 g/mol. The molecule has 640 valence electrons. The van der Waals surface area contributed by atoms with Crippen molar-refractivity contribution in [1.29, 1.82) is 0 Å². The number of benzene rings is 2. The van der Waals surface area contributed by atoms with Crippen LogP contribution < -0.4 is 2.89 Å². The van der Waals surface area contributed by atoms with Gasteiger partial charge in [0.25, 0.3) is 0 Å². The van der Waals surface area contributed by atoms with Crippen LogP contribution in [0, 0.1) is 54.3 Å². The summed E-state index contributed by atoms with van der Waals surface area (Å²) < 4.78 is 10.8. The molecule has 14 rings (SSSR count). The molecule has 14 aromatic rings. The Balaban J connectivity index is 0.000000222. The Labute approximate surface area is 765 Å². The molecule has 119 heavy (non-hydrogen) atoms. The second-order valence-electron chi connectivity index (χ2n) is 35.8. The summed E-state index contributed by atoms with van der Waals surface area (Å²) >= 11 is 19.4. The first kappa shape index (κ1) is 94.3. The van der Waals surface area contributed by atoms with E-state index in [1.54, 1.807) is 59.6 Å². The molecule has 21 heteroatoms. The molecule has 0 saturated heterocycles. The third-order valence-electron chi connectivity index (χ3n) is 23.7. The molecule has 0 N–H and O–H groups in total. The van der Waals surface area contributed by atoms with Crippen molar-refractivity contribution in [2.75, 3.05) is 0 Å². The van der Waals surface area contributed by atoms with E-state index in [0.717, 1.165) is 161 Å². The SMILES string of the molecule is C.CC(C)CCCC(C)CCc1ccc(-c2nc3c(-c4nccs4)c4sc(-c5ccc(CCC(C)CCCC(C)C)s5)nc4c(-c4nccs4)c3s2)s1.CCC[CH2][Sn]([CH2]CCC)([CH2]CCC)[c]1cnc(-c2c3nc(-c4ccc(CCC(C)CCCC(C)C)s4)sc3c(-c3ncc(C)s3)c3nc(-c4ccc(CCC(C)CCCC(C)C)s4)sc23)s1. The van der Waals surface area contributed by atoms with Crippen molar-refractivity contribution >= 4 is 198 Å². The van der Waals surface area contributed by atoms with Crippen LogP contribution in [0.2, 0.25) is 13.3 Å². The predicted octanol–water partition coefficient (Wildman–Crippen LogP) is 35.8. The van der Waals surface area contributed by atoms with Gasteiger partial charge >= 0.3 is 327 Å². The van der Waals surface area contributed by atoms with Crippen molar-refractivity contribution in [2.24, 2.45) is 47.3 Å². The van der Waals surface area contributed by atoms with Crippen LogP contribution in [0.1, 0.15) is 277 Å². The molecule has 2 aromatic carbocycles. The average molecular weight is 1930 g/mol. The van der Waals surface area contributed by atoms with E-state index < -0.39 is 18.4 Å². The van der Waals surface area contributed by atoms with Crippen molar-refractivity contribution in [3.05, 3.63) is 108 Å². The van der Waals surface area contributed by atoms with Crippen LogP contribution in [0.3, 0.4) is 0 Å². The van der Waals surface area contributed by atoms with Crippen LogP contribution in [0.4, 0.5) is 0 Å². The van der Waals surface area contributed by atoms with Gasteiger partial charge in [-0.1, -0.05) is 168 Å². The second-order valence-corrected chi connectivity index (χ2v) is 62.7. The molecule has 0 bridgehead atoms. The van der Waals surface area contributed by atoms with Gasteiger partial charge in [-0.15, -0.1) is 68.0 Å². The third-order valence-corrected chi connectivity index (χ3v) is 54.9. The summed E-state index contributed by atoms with van der Waals surface area (Å²) in [7, 11) is 0. The molecule has 0 saturated carbocycles. The van der Waals surface area contributed by atoms with Crippen molar-refractivity contribution in [3.8, 4) is 81.8 Å². The Morgan fingerprint density at radius 3 is 0.866 bits per heavy atom. The Morgan fingerprint density at radius 2 is 0.597 bits per heavy atom. The number of aryl methyl sites for hydroxylation is 5. The number of thiazole rings is 8. The molecular weight excluding hydrogens is 1790 g/mol. The predicted molar refractivity (Wildman–Crippen MR) is 544 cm³/mol. The minimum absolute atomic E-state index is 0. The van der Waals surface area contributed by atoms with Crippen LogP contribution in [0.25, 0.3) is 123 Å². The molecule has 4 atom stereocenters. The van der Waals surface area contributed by atoms with Gasteiger partial charge in [0, 0.05) is 32.9 Å². The van der Waals surface area contributed by atoms with Gasteiger partial charge < -0.3 is 0 Å². The zero-order valence-corrected chi connectivity index (χ0v) is 85.8. The summed E-state index contributed by atoms with van der Waals surface area (Å²) in [5, 5.41) is 12.7. The fourth-order valence-corrected chi connectivity index (χ4v) is 47.5. The van der Waals surface area contributed by atoms with E-state index in [1.807, 2.05) is 97.9 Å². The molecule has 8 nitrogen and oxygen atoms in total. The number of rotatable bonds is 46. The zero-order valence-electron chi connectivity index (χ0n) is 73.2. The standard InChI is InChI=1S/C43H51N4S6.C42H50N4S6.3C4H9.CH4.Sn/c1-25(2)10-8-12-27(5)14-16-30-18-20-32(50-30)40-46-36-34(42-44-22-23-48-42)38-37(35(39(36)53-40)43-45-24-29(7)49-43)47-41(52-38)33-21-19-31(51-33)17-15-28(6)13-9-11-26(3)4;1-25(2)9-7-11-27(5)13-15-29-17-19-31(49-29)39-45-35-33(41-43-21-23-47-41)38-36(34(37(35)51-39)42-44-22-24-48-42)46-40(52-38)32-20-18-30(50-32)16-14-28(6)12-8-10-26(3)4;3*1-3-4-2;;/h18-22,24-28H,8-17H2,1-7H3;17-28H,7-16H2,1-6H3;3*1,3-4H2,2H3;1H4;. The summed E-state index contributed by atoms with van der Waals surface area (Å²) in [6, 6.07) is 18.6. The summed E-state index contributed by atoms with van der Waals surface area (Å²) in [6.45, 7) is 37.7. The summed E-state index contributed by atoms with van der Waals surface area (Å²) in [4.78, 5) is 54.7. The molecule has 0 radical (unpaired) electrons. The number of nitrogens with zero attached hydrogens (tertiary/aromatic N) is 8. The van der Waals surface area contributed by atoms with E-state index in [0.29, 0.717) is 0 Å². The maximum absolute atomic E-state index is 5.72. The molecule has 0 fully saturated rings. The first-order valence-corrected chi connectivity index (χ1v) is 62.1. The molecule has 12 aromatic heterocycles. The molecule has 12 heterocycles. The van der Waals surface area contributed by atoms with E-state index in [-0.39, 0.29) is 7.43 Å². The Hall–Kier alpha value is -3.88. The van der Waals surface area contributed by atoms with Gasteiger partial charge in [0.2, 0.25) is 0 Å². The Morgan fingerprint density at radius 1 is 0.303 bits per heavy atom. The first-order valence-electron chi connectivity index (χ1n) is 44.7. The van der Waals surface area contributed by atoms with E-state index in [4.69, 9.17) is 39.9 Å². The summed E-state index contributed by atoms with van der Waals surface area (Å²) in [5.41, 5.74) is 8.81. The Bertz CT molecular complexity index is 5040. The molecule has 0 amide bonds. The molecular formula is C98H132N8S12Sn. The molecule has 4 unspecified atom stereocenters. The van der Waals surface area contributed by atoms with E-state index >= 15 is 0 Å². The van der Waals surface area contributed by atoms with E-state index in [1.165, 1.54) is 213 Å². The molecule has 0 aliphatic heterocycles. The number of unbranched alkanes of at least 4 members (excludes halogenated alkanes) is 3. The van der Waals surface area contributed by atoms with Gasteiger partial charge in [-0.25, -0.2) is 19.9 Å². The van der Waals surface area contributed by atoms with Crippen LogP contribution in [0.15, 0.2) is 84.1 Å². The minimum atomic E-state index is -2.76.